The standard InChI is InChI=1S/C10H8N4/c11-7-10-5-6-13-14(10)9-3-1-8(12)2-4-9/h1-6H,12H2. The summed E-state index contributed by atoms with van der Waals surface area (Å²) in [5.74, 6) is 0. The normalized spacial score (nSPS) is 9.64. The summed E-state index contributed by atoms with van der Waals surface area (Å²) in [6, 6.07) is 10.9. The molecule has 68 valence electrons. The predicted octanol–water partition coefficient (Wildman–Crippen LogP) is 1.33. The third-order valence-electron chi connectivity index (χ3n) is 1.89. The minimum Gasteiger partial charge on any atom is -0.399 e. The van der Waals surface area contributed by atoms with Crippen molar-refractivity contribution < 1.29 is 0 Å². The summed E-state index contributed by atoms with van der Waals surface area (Å²) >= 11 is 0. The van der Waals surface area contributed by atoms with Crippen molar-refractivity contribution in [3.8, 4) is 11.8 Å². The summed E-state index contributed by atoms with van der Waals surface area (Å²) in [5, 5.41) is 12.8. The van der Waals surface area contributed by atoms with Gasteiger partial charge in [-0.1, -0.05) is 0 Å². The summed E-state index contributed by atoms with van der Waals surface area (Å²) in [7, 11) is 0. The number of nitriles is 1. The van der Waals surface area contributed by atoms with Gasteiger partial charge in [0.25, 0.3) is 0 Å². The van der Waals surface area contributed by atoms with Gasteiger partial charge in [-0.05, 0) is 30.3 Å². The van der Waals surface area contributed by atoms with E-state index in [0.717, 1.165) is 5.69 Å². The number of rotatable bonds is 1. The lowest BCUT2D eigenvalue weighted by atomic mass is 10.3. The molecule has 1 aromatic heterocycles. The molecule has 0 aliphatic heterocycles. The molecule has 4 heteroatoms. The summed E-state index contributed by atoms with van der Waals surface area (Å²) in [6.45, 7) is 0. The molecule has 0 aliphatic rings. The number of nitrogens with two attached hydrogens (primary N) is 1. The molecule has 0 aliphatic carbocycles. The fourth-order valence-electron chi connectivity index (χ4n) is 1.21. The minimum absolute atomic E-state index is 0.509. The van der Waals surface area contributed by atoms with Gasteiger partial charge < -0.3 is 5.73 Å². The van der Waals surface area contributed by atoms with Crippen molar-refractivity contribution >= 4 is 5.69 Å². The molecule has 0 spiro atoms. The van der Waals surface area contributed by atoms with Gasteiger partial charge in [0.05, 0.1) is 11.9 Å². The number of nitrogen functional groups attached to an aromatic ring is 1. The zero-order valence-corrected chi connectivity index (χ0v) is 7.38. The van der Waals surface area contributed by atoms with Gasteiger partial charge in [-0.25, -0.2) is 4.68 Å². The number of nitrogens with zero attached hydrogens (tertiary/aromatic N) is 3. The second-order valence-electron chi connectivity index (χ2n) is 2.83. The average molecular weight is 184 g/mol. The highest BCUT2D eigenvalue weighted by atomic mass is 15.3. The Morgan fingerprint density at radius 2 is 1.93 bits per heavy atom. The van der Waals surface area contributed by atoms with E-state index in [1.165, 1.54) is 0 Å². The molecule has 0 radical (unpaired) electrons. The summed E-state index contributed by atoms with van der Waals surface area (Å²) in [5.41, 5.74) is 7.59. The SMILES string of the molecule is N#Cc1ccnn1-c1ccc(N)cc1. The zero-order valence-electron chi connectivity index (χ0n) is 7.38. The highest BCUT2D eigenvalue weighted by Crippen LogP contribution is 2.11. The van der Waals surface area contributed by atoms with Crippen molar-refractivity contribution in [1.82, 2.24) is 9.78 Å². The predicted molar refractivity (Wildman–Crippen MR) is 52.7 cm³/mol. The lowest BCUT2D eigenvalue weighted by molar-refractivity contribution is 0.866. The van der Waals surface area contributed by atoms with Crippen LogP contribution in [0.3, 0.4) is 0 Å². The molecule has 0 saturated heterocycles. The van der Waals surface area contributed by atoms with Crippen molar-refractivity contribution in [3.63, 3.8) is 0 Å². The molecule has 2 aromatic rings. The third-order valence-corrected chi connectivity index (χ3v) is 1.89. The molecule has 0 saturated carbocycles. The quantitative estimate of drug-likeness (QED) is 0.680. The maximum Gasteiger partial charge on any atom is 0.144 e. The van der Waals surface area contributed by atoms with Crippen LogP contribution in [0.1, 0.15) is 5.69 Å². The van der Waals surface area contributed by atoms with Gasteiger partial charge in [0.2, 0.25) is 0 Å². The Labute approximate surface area is 81.2 Å². The molecule has 0 fully saturated rings. The summed E-state index contributed by atoms with van der Waals surface area (Å²) in [6.07, 6.45) is 1.59. The topological polar surface area (TPSA) is 67.6 Å². The first-order chi connectivity index (χ1) is 6.81. The van der Waals surface area contributed by atoms with E-state index in [4.69, 9.17) is 11.0 Å². The highest BCUT2D eigenvalue weighted by molar-refractivity contribution is 5.46. The number of anilines is 1. The summed E-state index contributed by atoms with van der Waals surface area (Å²) in [4.78, 5) is 0. The fourth-order valence-corrected chi connectivity index (χ4v) is 1.21. The van der Waals surface area contributed by atoms with E-state index in [2.05, 4.69) is 11.2 Å². The maximum absolute atomic E-state index is 8.79. The third kappa shape index (κ3) is 1.31. The van der Waals surface area contributed by atoms with Gasteiger partial charge in [-0.2, -0.15) is 10.4 Å². The van der Waals surface area contributed by atoms with E-state index in [-0.39, 0.29) is 0 Å². The molecule has 1 heterocycles. The second-order valence-corrected chi connectivity index (χ2v) is 2.83. The van der Waals surface area contributed by atoms with E-state index in [9.17, 15) is 0 Å². The highest BCUT2D eigenvalue weighted by Gasteiger charge is 2.02. The zero-order chi connectivity index (χ0) is 9.97. The maximum atomic E-state index is 8.79. The van der Waals surface area contributed by atoms with E-state index in [1.807, 2.05) is 12.1 Å². The van der Waals surface area contributed by atoms with Crippen LogP contribution in [0.2, 0.25) is 0 Å². The molecule has 14 heavy (non-hydrogen) atoms. The Hall–Kier alpha value is -2.28. The Morgan fingerprint density at radius 1 is 1.21 bits per heavy atom. The Balaban J connectivity index is 2.50. The molecule has 0 atom stereocenters. The van der Waals surface area contributed by atoms with Crippen molar-refractivity contribution in [1.29, 1.82) is 5.26 Å². The van der Waals surface area contributed by atoms with Crippen LogP contribution in [0.25, 0.3) is 5.69 Å². The van der Waals surface area contributed by atoms with Crippen molar-refractivity contribution in [2.75, 3.05) is 5.73 Å². The molecule has 0 unspecified atom stereocenters. The van der Waals surface area contributed by atoms with Gasteiger partial charge in [-0.3, -0.25) is 0 Å². The van der Waals surface area contributed by atoms with Gasteiger partial charge in [-0.15, -0.1) is 0 Å². The molecular formula is C10H8N4. The van der Waals surface area contributed by atoms with Crippen LogP contribution in [0.5, 0.6) is 0 Å². The smallest absolute Gasteiger partial charge is 0.144 e. The number of hydrogen-bond acceptors (Lipinski definition) is 3. The average Bonchev–Trinajstić information content (AvgIpc) is 2.67. The largest absolute Gasteiger partial charge is 0.399 e. The first-order valence-corrected chi connectivity index (χ1v) is 4.11. The first-order valence-electron chi connectivity index (χ1n) is 4.11. The lowest BCUT2D eigenvalue weighted by Crippen LogP contribution is -1.99. The van der Waals surface area contributed by atoms with Crippen LogP contribution in [-0.2, 0) is 0 Å². The van der Waals surface area contributed by atoms with Gasteiger partial charge >= 0.3 is 0 Å². The van der Waals surface area contributed by atoms with E-state index in [0.29, 0.717) is 11.4 Å². The molecule has 2 N–H and O–H groups in total. The Morgan fingerprint density at radius 3 is 2.57 bits per heavy atom. The fraction of sp³-hybridized carbons (Fsp3) is 0. The molecule has 2 rings (SSSR count). The van der Waals surface area contributed by atoms with Crippen molar-refractivity contribution in [3.05, 3.63) is 42.2 Å². The van der Waals surface area contributed by atoms with E-state index < -0.39 is 0 Å². The van der Waals surface area contributed by atoms with Crippen LogP contribution in [0.4, 0.5) is 5.69 Å². The molecular weight excluding hydrogens is 176 g/mol. The van der Waals surface area contributed by atoms with Crippen molar-refractivity contribution in [2.45, 2.75) is 0 Å². The van der Waals surface area contributed by atoms with E-state index >= 15 is 0 Å². The van der Waals surface area contributed by atoms with Crippen LogP contribution in [0.15, 0.2) is 36.5 Å². The second kappa shape index (κ2) is 3.23. The number of benzene rings is 1. The molecule has 4 nitrogen and oxygen atoms in total. The van der Waals surface area contributed by atoms with Crippen LogP contribution < -0.4 is 5.73 Å². The lowest BCUT2D eigenvalue weighted by Gasteiger charge is -2.02. The minimum atomic E-state index is 0.509. The Bertz CT molecular complexity index is 476. The Kier molecular flexibility index (Phi) is 1.92. The first kappa shape index (κ1) is 8.32. The van der Waals surface area contributed by atoms with Gasteiger partial charge in [0.1, 0.15) is 11.8 Å². The molecule has 0 bridgehead atoms. The monoisotopic (exact) mass is 184 g/mol. The van der Waals surface area contributed by atoms with Gasteiger partial charge in [0.15, 0.2) is 0 Å². The van der Waals surface area contributed by atoms with Gasteiger partial charge in [0, 0.05) is 5.69 Å². The number of hydrogen-bond donors (Lipinski definition) is 1. The van der Waals surface area contributed by atoms with Crippen molar-refractivity contribution in [2.24, 2.45) is 0 Å². The van der Waals surface area contributed by atoms with Crippen LogP contribution >= 0.6 is 0 Å². The van der Waals surface area contributed by atoms with Crippen LogP contribution in [0, 0.1) is 11.3 Å². The number of aromatic nitrogens is 2. The summed E-state index contributed by atoms with van der Waals surface area (Å²) < 4.78 is 1.57. The molecule has 1 aromatic carbocycles. The van der Waals surface area contributed by atoms with Crippen LogP contribution in [-0.4, -0.2) is 9.78 Å². The van der Waals surface area contributed by atoms with E-state index in [1.54, 1.807) is 29.1 Å². The molecule has 0 amide bonds.